The predicted molar refractivity (Wildman–Crippen MR) is 53.2 cm³/mol. The molecule has 0 heterocycles. The van der Waals surface area contributed by atoms with Crippen molar-refractivity contribution in [3.63, 3.8) is 0 Å². The van der Waals surface area contributed by atoms with E-state index in [0.29, 0.717) is 5.41 Å². The average molecular weight is 174 g/mol. The monoisotopic (exact) mass is 174 g/mol. The second kappa shape index (κ2) is 2.69. The summed E-state index contributed by atoms with van der Waals surface area (Å²) in [6, 6.07) is 6.17. The maximum Gasteiger partial charge on any atom is 0.150 e. The van der Waals surface area contributed by atoms with Crippen molar-refractivity contribution in [3.05, 3.63) is 34.9 Å². The highest BCUT2D eigenvalue weighted by molar-refractivity contribution is 5.78. The lowest BCUT2D eigenvalue weighted by molar-refractivity contribution is 0.112. The maximum absolute atomic E-state index is 10.9. The van der Waals surface area contributed by atoms with Gasteiger partial charge in [-0.1, -0.05) is 24.6 Å². The fourth-order valence-corrected chi connectivity index (χ4v) is 1.79. The molecule has 1 aromatic carbocycles. The third-order valence-electron chi connectivity index (χ3n) is 2.98. The number of aldehydes is 1. The van der Waals surface area contributed by atoms with Gasteiger partial charge in [0.2, 0.25) is 0 Å². The summed E-state index contributed by atoms with van der Waals surface area (Å²) in [5, 5.41) is 0. The second-order valence-electron chi connectivity index (χ2n) is 4.27. The molecule has 1 aliphatic carbocycles. The van der Waals surface area contributed by atoms with Gasteiger partial charge in [0.25, 0.3) is 0 Å². The highest BCUT2D eigenvalue weighted by atomic mass is 16.1. The van der Waals surface area contributed by atoms with Gasteiger partial charge in [-0.2, -0.15) is 0 Å². The Morgan fingerprint density at radius 3 is 2.62 bits per heavy atom. The SMILES string of the molecule is Cc1ccc(C2(C)CC2)c(C=O)c1. The first-order valence-corrected chi connectivity index (χ1v) is 4.72. The molecule has 0 atom stereocenters. The minimum Gasteiger partial charge on any atom is -0.298 e. The fourth-order valence-electron chi connectivity index (χ4n) is 1.79. The molecule has 68 valence electrons. The summed E-state index contributed by atoms with van der Waals surface area (Å²) >= 11 is 0. The van der Waals surface area contributed by atoms with Crippen molar-refractivity contribution < 1.29 is 4.79 Å². The molecule has 0 bridgehead atoms. The van der Waals surface area contributed by atoms with Crippen molar-refractivity contribution in [1.82, 2.24) is 0 Å². The molecule has 0 radical (unpaired) electrons. The Hall–Kier alpha value is -1.11. The van der Waals surface area contributed by atoms with Gasteiger partial charge < -0.3 is 0 Å². The van der Waals surface area contributed by atoms with Crippen LogP contribution in [0.25, 0.3) is 0 Å². The first-order chi connectivity index (χ1) is 6.15. The largest absolute Gasteiger partial charge is 0.298 e. The normalized spacial score (nSPS) is 18.3. The molecule has 13 heavy (non-hydrogen) atoms. The Morgan fingerprint density at radius 1 is 1.38 bits per heavy atom. The standard InChI is InChI=1S/C12H14O/c1-9-3-4-11(10(7-9)8-13)12(2)5-6-12/h3-4,7-8H,5-6H2,1-2H3. The maximum atomic E-state index is 10.9. The molecule has 1 nitrogen and oxygen atoms in total. The zero-order valence-corrected chi connectivity index (χ0v) is 8.13. The van der Waals surface area contributed by atoms with Crippen LogP contribution in [0.4, 0.5) is 0 Å². The van der Waals surface area contributed by atoms with E-state index < -0.39 is 0 Å². The fraction of sp³-hybridized carbons (Fsp3) is 0.417. The van der Waals surface area contributed by atoms with Crippen LogP contribution in [0.2, 0.25) is 0 Å². The number of carbonyl (C=O) groups excluding carboxylic acids is 1. The molecule has 1 aromatic rings. The van der Waals surface area contributed by atoms with Crippen LogP contribution in [0.3, 0.4) is 0 Å². The van der Waals surface area contributed by atoms with E-state index >= 15 is 0 Å². The van der Waals surface area contributed by atoms with Gasteiger partial charge in [0.05, 0.1) is 0 Å². The van der Waals surface area contributed by atoms with Crippen LogP contribution in [0.5, 0.6) is 0 Å². The Labute approximate surface area is 78.8 Å². The molecule has 0 spiro atoms. The van der Waals surface area contributed by atoms with Crippen LogP contribution in [0, 0.1) is 6.92 Å². The van der Waals surface area contributed by atoms with Crippen molar-refractivity contribution in [1.29, 1.82) is 0 Å². The van der Waals surface area contributed by atoms with E-state index in [2.05, 4.69) is 19.1 Å². The number of benzene rings is 1. The van der Waals surface area contributed by atoms with Gasteiger partial charge in [0, 0.05) is 5.56 Å². The molecular weight excluding hydrogens is 160 g/mol. The van der Waals surface area contributed by atoms with Crippen LogP contribution >= 0.6 is 0 Å². The van der Waals surface area contributed by atoms with E-state index in [-0.39, 0.29) is 0 Å². The number of hydrogen-bond acceptors (Lipinski definition) is 1. The quantitative estimate of drug-likeness (QED) is 0.630. The molecule has 1 saturated carbocycles. The minimum atomic E-state index is 0.296. The van der Waals surface area contributed by atoms with Crippen molar-refractivity contribution in [2.45, 2.75) is 32.1 Å². The third-order valence-corrected chi connectivity index (χ3v) is 2.98. The molecule has 0 saturated heterocycles. The van der Waals surface area contributed by atoms with Gasteiger partial charge in [0.1, 0.15) is 6.29 Å². The summed E-state index contributed by atoms with van der Waals surface area (Å²) < 4.78 is 0. The lowest BCUT2D eigenvalue weighted by Crippen LogP contribution is -2.04. The first-order valence-electron chi connectivity index (χ1n) is 4.72. The minimum absolute atomic E-state index is 0.296. The topological polar surface area (TPSA) is 17.1 Å². The first kappa shape index (κ1) is 8.49. The molecule has 2 rings (SSSR count). The molecule has 1 fully saturated rings. The predicted octanol–water partition coefficient (Wildman–Crippen LogP) is 2.86. The van der Waals surface area contributed by atoms with Crippen molar-refractivity contribution in [2.75, 3.05) is 0 Å². The number of carbonyl (C=O) groups is 1. The summed E-state index contributed by atoms with van der Waals surface area (Å²) in [6.45, 7) is 4.25. The van der Waals surface area contributed by atoms with Gasteiger partial charge in [-0.15, -0.1) is 0 Å². The van der Waals surface area contributed by atoms with E-state index in [1.807, 2.05) is 13.0 Å². The molecule has 1 aliphatic rings. The summed E-state index contributed by atoms with van der Waals surface area (Å²) in [7, 11) is 0. The van der Waals surface area contributed by atoms with Crippen LogP contribution in [-0.2, 0) is 5.41 Å². The number of hydrogen-bond donors (Lipinski definition) is 0. The van der Waals surface area contributed by atoms with E-state index in [9.17, 15) is 4.79 Å². The van der Waals surface area contributed by atoms with Crippen molar-refractivity contribution in [3.8, 4) is 0 Å². The summed E-state index contributed by atoms with van der Waals surface area (Å²) in [5.74, 6) is 0. The molecule has 0 aliphatic heterocycles. The molecule has 0 N–H and O–H groups in total. The molecule has 0 unspecified atom stereocenters. The van der Waals surface area contributed by atoms with Crippen molar-refractivity contribution in [2.24, 2.45) is 0 Å². The summed E-state index contributed by atoms with van der Waals surface area (Å²) in [5.41, 5.74) is 3.56. The zero-order valence-electron chi connectivity index (χ0n) is 8.13. The van der Waals surface area contributed by atoms with Gasteiger partial charge in [-0.3, -0.25) is 4.79 Å². The van der Waals surface area contributed by atoms with E-state index in [4.69, 9.17) is 0 Å². The molecular formula is C12H14O. The van der Waals surface area contributed by atoms with Gasteiger partial charge in [-0.25, -0.2) is 0 Å². The molecule has 0 aromatic heterocycles. The van der Waals surface area contributed by atoms with Crippen molar-refractivity contribution >= 4 is 6.29 Å². The zero-order chi connectivity index (χ0) is 9.47. The van der Waals surface area contributed by atoms with Gasteiger partial charge in [-0.05, 0) is 36.8 Å². The second-order valence-corrected chi connectivity index (χ2v) is 4.27. The van der Waals surface area contributed by atoms with E-state index in [0.717, 1.165) is 17.4 Å². The smallest absolute Gasteiger partial charge is 0.150 e. The van der Waals surface area contributed by atoms with Gasteiger partial charge in [0.15, 0.2) is 0 Å². The lowest BCUT2D eigenvalue weighted by atomic mass is 9.92. The van der Waals surface area contributed by atoms with Gasteiger partial charge >= 0.3 is 0 Å². The Balaban J connectivity index is 2.50. The highest BCUT2D eigenvalue weighted by Crippen LogP contribution is 2.48. The summed E-state index contributed by atoms with van der Waals surface area (Å²) in [6.07, 6.45) is 3.42. The Morgan fingerprint density at radius 2 is 2.08 bits per heavy atom. The average Bonchev–Trinajstić information content (AvgIpc) is 2.84. The summed E-state index contributed by atoms with van der Waals surface area (Å²) in [4.78, 5) is 10.9. The van der Waals surface area contributed by atoms with Crippen LogP contribution in [-0.4, -0.2) is 6.29 Å². The third kappa shape index (κ3) is 1.39. The van der Waals surface area contributed by atoms with Crippen LogP contribution in [0.1, 0.15) is 41.3 Å². The van der Waals surface area contributed by atoms with E-state index in [1.54, 1.807) is 0 Å². The van der Waals surface area contributed by atoms with E-state index in [1.165, 1.54) is 18.4 Å². The Bertz CT molecular complexity index is 348. The van der Waals surface area contributed by atoms with Crippen LogP contribution in [0.15, 0.2) is 18.2 Å². The van der Waals surface area contributed by atoms with Crippen LogP contribution < -0.4 is 0 Å². The lowest BCUT2D eigenvalue weighted by Gasteiger charge is -2.11. The highest BCUT2D eigenvalue weighted by Gasteiger charge is 2.40. The number of aryl methyl sites for hydroxylation is 1. The number of rotatable bonds is 2. The Kier molecular flexibility index (Phi) is 1.76. The molecule has 0 amide bonds. The molecule has 1 heteroatoms.